The van der Waals surface area contributed by atoms with Gasteiger partial charge in [0.2, 0.25) is 0 Å². The monoisotopic (exact) mass is 190 g/mol. The minimum absolute atomic E-state index is 0.335. The van der Waals surface area contributed by atoms with Gasteiger partial charge >= 0.3 is 66.2 Å². The number of terminal acetylenes is 1. The quantitative estimate of drug-likeness (QED) is 0.464. The van der Waals surface area contributed by atoms with Crippen LogP contribution in [-0.2, 0) is 16.4 Å². The van der Waals surface area contributed by atoms with Crippen LogP contribution in [0, 0.1) is 12.3 Å². The Morgan fingerprint density at radius 3 is 2.00 bits per heavy atom. The first-order valence-corrected chi connectivity index (χ1v) is 13.3. The Bertz CT molecular complexity index is 118. The van der Waals surface area contributed by atoms with Crippen LogP contribution in [0.15, 0.2) is 0 Å². The SMILES string of the molecule is C#C[CH](C)[Zn][Si](C)(C)C. The van der Waals surface area contributed by atoms with Gasteiger partial charge < -0.3 is 0 Å². The van der Waals surface area contributed by atoms with Crippen molar-refractivity contribution >= 4 is 6.30 Å². The van der Waals surface area contributed by atoms with Crippen LogP contribution in [-0.4, -0.2) is 6.30 Å². The maximum absolute atomic E-state index is 5.30. The molecule has 0 aliphatic heterocycles. The molecule has 0 nitrogen and oxygen atoms in total. The number of hydrogen-bond donors (Lipinski definition) is 0. The van der Waals surface area contributed by atoms with E-state index < -0.39 is 6.30 Å². The van der Waals surface area contributed by atoms with Crippen LogP contribution in [0.2, 0.25) is 24.2 Å². The molecule has 0 aromatic heterocycles. The van der Waals surface area contributed by atoms with Gasteiger partial charge in [-0.2, -0.15) is 0 Å². The van der Waals surface area contributed by atoms with Gasteiger partial charge in [-0.15, -0.1) is 0 Å². The van der Waals surface area contributed by atoms with Crippen molar-refractivity contribution in [3.05, 3.63) is 0 Å². The number of hydrogen-bond acceptors (Lipinski definition) is 0. The maximum atomic E-state index is 5.30. The van der Waals surface area contributed by atoms with E-state index in [-0.39, 0.29) is 16.4 Å². The van der Waals surface area contributed by atoms with Crippen molar-refractivity contribution < 1.29 is 16.4 Å². The Hall–Kier alpha value is 0.400. The Labute approximate surface area is 66.3 Å². The predicted molar refractivity (Wildman–Crippen MR) is 41.6 cm³/mol. The topological polar surface area (TPSA) is 0 Å². The summed E-state index contributed by atoms with van der Waals surface area (Å²) in [6.07, 6.45) is 4.60. The van der Waals surface area contributed by atoms with Gasteiger partial charge in [0.1, 0.15) is 0 Å². The molecule has 0 heterocycles. The molecule has 1 unspecified atom stereocenters. The fourth-order valence-corrected chi connectivity index (χ4v) is 15.2. The summed E-state index contributed by atoms with van der Waals surface area (Å²) in [5, 5.41) is 0. The molecule has 48 valence electrons. The van der Waals surface area contributed by atoms with E-state index in [4.69, 9.17) is 6.42 Å². The average molecular weight is 192 g/mol. The zero-order valence-corrected chi connectivity index (χ0v) is 10.8. The Morgan fingerprint density at radius 2 is 1.89 bits per heavy atom. The summed E-state index contributed by atoms with van der Waals surface area (Å²) in [7, 11) is 0. The van der Waals surface area contributed by atoms with Crippen molar-refractivity contribution in [3.8, 4) is 12.3 Å². The summed E-state index contributed by atoms with van der Waals surface area (Å²) >= 11 is -0.335. The minimum atomic E-state index is -0.696. The molecule has 0 amide bonds. The van der Waals surface area contributed by atoms with E-state index in [2.05, 4.69) is 32.5 Å². The molecule has 0 rings (SSSR count). The third-order valence-electron chi connectivity index (χ3n) is 1.20. The molecule has 0 aromatic rings. The van der Waals surface area contributed by atoms with Crippen molar-refractivity contribution in [3.63, 3.8) is 0 Å². The van der Waals surface area contributed by atoms with E-state index in [1.165, 1.54) is 0 Å². The van der Waals surface area contributed by atoms with Gasteiger partial charge in [0.15, 0.2) is 0 Å². The van der Waals surface area contributed by atoms with E-state index in [9.17, 15) is 0 Å². The van der Waals surface area contributed by atoms with E-state index in [0.29, 0.717) is 4.51 Å². The van der Waals surface area contributed by atoms with Crippen LogP contribution >= 0.6 is 0 Å². The summed E-state index contributed by atoms with van der Waals surface area (Å²) in [6.45, 7) is 9.50. The van der Waals surface area contributed by atoms with Crippen molar-refractivity contribution in [2.75, 3.05) is 0 Å². The van der Waals surface area contributed by atoms with E-state index >= 15 is 0 Å². The molecule has 9 heavy (non-hydrogen) atoms. The fraction of sp³-hybridized carbons (Fsp3) is 0.714. The molecule has 0 aliphatic rings. The van der Waals surface area contributed by atoms with Gasteiger partial charge in [-0.3, -0.25) is 0 Å². The molecule has 0 fully saturated rings. The Kier molecular flexibility index (Phi) is 3.70. The van der Waals surface area contributed by atoms with Gasteiger partial charge in [0.25, 0.3) is 0 Å². The first-order chi connectivity index (χ1) is 3.95. The molecule has 0 bridgehead atoms. The molecule has 1 atom stereocenters. The van der Waals surface area contributed by atoms with Crippen LogP contribution in [0.25, 0.3) is 0 Å². The molecule has 0 spiro atoms. The van der Waals surface area contributed by atoms with Crippen LogP contribution in [0.5, 0.6) is 0 Å². The van der Waals surface area contributed by atoms with Crippen molar-refractivity contribution in [1.82, 2.24) is 0 Å². The summed E-state index contributed by atoms with van der Waals surface area (Å²) in [4.78, 5) is 0. The van der Waals surface area contributed by atoms with Gasteiger partial charge in [-0.25, -0.2) is 0 Å². The first-order valence-electron chi connectivity index (χ1n) is 3.42. The van der Waals surface area contributed by atoms with E-state index in [1.54, 1.807) is 0 Å². The standard InChI is InChI=1S/C4H5.C3H9Si.Zn/c1-3-4-2;1-4(2)3;/h1,4H,2H3;1-3H3;. The zero-order chi connectivity index (χ0) is 7.49. The zero-order valence-electron chi connectivity index (χ0n) is 6.86. The normalized spacial score (nSPS) is 13.7. The average Bonchev–Trinajstić information content (AvgIpc) is 1.62. The molecule has 0 aliphatic carbocycles. The van der Waals surface area contributed by atoms with Crippen molar-refractivity contribution in [2.24, 2.45) is 0 Å². The molecular weight excluding hydrogens is 178 g/mol. The molecule has 0 N–H and O–H groups in total. The third kappa shape index (κ3) is 6.28. The molecule has 0 aromatic carbocycles. The third-order valence-corrected chi connectivity index (χ3v) is 15.1. The van der Waals surface area contributed by atoms with Gasteiger partial charge in [0.05, 0.1) is 0 Å². The van der Waals surface area contributed by atoms with Crippen LogP contribution in [0.3, 0.4) is 0 Å². The van der Waals surface area contributed by atoms with E-state index in [1.807, 2.05) is 0 Å². The Morgan fingerprint density at radius 1 is 1.44 bits per heavy atom. The van der Waals surface area contributed by atoms with Crippen LogP contribution in [0.4, 0.5) is 0 Å². The summed E-state index contributed by atoms with van der Waals surface area (Å²) < 4.78 is 0.671. The fourth-order valence-electron chi connectivity index (χ4n) is 0.977. The molecule has 0 saturated carbocycles. The van der Waals surface area contributed by atoms with Crippen molar-refractivity contribution in [1.29, 1.82) is 0 Å². The van der Waals surface area contributed by atoms with E-state index in [0.717, 1.165) is 0 Å². The summed E-state index contributed by atoms with van der Waals surface area (Å²) in [5.74, 6) is 2.84. The Balaban J connectivity index is 3.63. The summed E-state index contributed by atoms with van der Waals surface area (Å²) in [6, 6.07) is 0. The van der Waals surface area contributed by atoms with Crippen LogP contribution in [0.1, 0.15) is 6.92 Å². The molecule has 0 radical (unpaired) electrons. The van der Waals surface area contributed by atoms with Gasteiger partial charge in [-0.05, 0) is 0 Å². The number of rotatable bonds is 2. The van der Waals surface area contributed by atoms with Crippen LogP contribution < -0.4 is 0 Å². The molecular formula is C7H14SiZn. The summed E-state index contributed by atoms with van der Waals surface area (Å²) in [5.41, 5.74) is 0. The second kappa shape index (κ2) is 3.54. The second-order valence-electron chi connectivity index (χ2n) is 3.83. The van der Waals surface area contributed by atoms with Gasteiger partial charge in [-0.1, -0.05) is 0 Å². The second-order valence-corrected chi connectivity index (χ2v) is 27.9. The first kappa shape index (κ1) is 9.40. The molecule has 0 saturated heterocycles. The molecule has 2 heteroatoms. The predicted octanol–water partition coefficient (Wildman–Crippen LogP) is 2.35. The van der Waals surface area contributed by atoms with Gasteiger partial charge in [0, 0.05) is 0 Å². The van der Waals surface area contributed by atoms with Crippen molar-refractivity contribution in [2.45, 2.75) is 31.1 Å².